The van der Waals surface area contributed by atoms with Gasteiger partial charge in [-0.05, 0) is 31.0 Å². The molecular formula is C21H24FN5O6. The number of nitrogens with zero attached hydrogens (tertiary/aromatic N) is 3. The number of hydrogen-bond acceptors (Lipinski definition) is 8. The molecule has 1 aromatic heterocycles. The van der Waals surface area contributed by atoms with E-state index in [0.29, 0.717) is 43.2 Å². The Labute approximate surface area is 188 Å². The lowest BCUT2D eigenvalue weighted by molar-refractivity contribution is -0.401. The minimum Gasteiger partial charge on any atom is -0.442 e. The second-order valence-electron chi connectivity index (χ2n) is 7.99. The fourth-order valence-corrected chi connectivity index (χ4v) is 3.99. The lowest BCUT2D eigenvalue weighted by Crippen LogP contribution is -2.39. The van der Waals surface area contributed by atoms with E-state index >= 15 is 0 Å². The summed E-state index contributed by atoms with van der Waals surface area (Å²) in [7, 11) is 0. The number of cyclic esters (lactones) is 1. The van der Waals surface area contributed by atoms with Gasteiger partial charge < -0.3 is 24.7 Å². The highest BCUT2D eigenvalue weighted by Gasteiger charge is 2.33. The monoisotopic (exact) mass is 461 g/mol. The van der Waals surface area contributed by atoms with Crippen LogP contribution in [0.4, 0.5) is 32.3 Å². The maximum Gasteiger partial charge on any atom is 0.434 e. The van der Waals surface area contributed by atoms with E-state index in [1.165, 1.54) is 30.0 Å². The summed E-state index contributed by atoms with van der Waals surface area (Å²) in [6.07, 6.45) is 0.312. The van der Waals surface area contributed by atoms with E-state index in [2.05, 4.69) is 10.6 Å². The summed E-state index contributed by atoms with van der Waals surface area (Å²) in [5.41, 5.74) is 0.829. The van der Waals surface area contributed by atoms with E-state index in [9.17, 15) is 24.1 Å². The topological polar surface area (TPSA) is 130 Å². The van der Waals surface area contributed by atoms with Gasteiger partial charge in [0.05, 0.1) is 30.5 Å². The van der Waals surface area contributed by atoms with Crippen LogP contribution < -0.4 is 20.4 Å². The standard InChI is InChI=1S/C21H24FN5O6/c1-13(28)23-11-16-12-26(21(29)32-16)15-2-3-18(17(22)10-15)25-8-6-14(7-9-25)24-19-4-5-20(33-19)27(30)31/h2-5,10,14,16,24H,6-9,11-12H2,1H3,(H,23,28)/t16-/m0/s1. The molecule has 2 N–H and O–H groups in total. The summed E-state index contributed by atoms with van der Waals surface area (Å²) in [5, 5.41) is 16.5. The normalized spacial score (nSPS) is 18.8. The van der Waals surface area contributed by atoms with Crippen molar-refractivity contribution in [3.05, 3.63) is 46.3 Å². The molecule has 12 heteroatoms. The van der Waals surface area contributed by atoms with Gasteiger partial charge in [0, 0.05) is 32.1 Å². The number of ether oxygens (including phenoxy) is 1. The van der Waals surface area contributed by atoms with Gasteiger partial charge in [-0.15, -0.1) is 0 Å². The first-order chi connectivity index (χ1) is 15.8. The van der Waals surface area contributed by atoms with Crippen LogP contribution in [0.15, 0.2) is 34.7 Å². The molecule has 2 aliphatic rings. The van der Waals surface area contributed by atoms with Gasteiger partial charge in [0.15, 0.2) is 0 Å². The van der Waals surface area contributed by atoms with Gasteiger partial charge in [-0.3, -0.25) is 19.8 Å². The maximum absolute atomic E-state index is 14.9. The Kier molecular flexibility index (Phi) is 6.33. The van der Waals surface area contributed by atoms with Crippen molar-refractivity contribution in [2.75, 3.05) is 41.3 Å². The van der Waals surface area contributed by atoms with Crippen LogP contribution in [0.2, 0.25) is 0 Å². The molecular weight excluding hydrogens is 437 g/mol. The van der Waals surface area contributed by atoms with Crippen LogP contribution in [0.1, 0.15) is 19.8 Å². The van der Waals surface area contributed by atoms with Crippen molar-refractivity contribution in [2.45, 2.75) is 31.9 Å². The molecule has 1 aromatic carbocycles. The van der Waals surface area contributed by atoms with Gasteiger partial charge in [0.1, 0.15) is 16.8 Å². The number of nitrogens with one attached hydrogen (secondary N) is 2. The van der Waals surface area contributed by atoms with Gasteiger partial charge in [0.25, 0.3) is 0 Å². The van der Waals surface area contributed by atoms with Crippen LogP contribution in [0.3, 0.4) is 0 Å². The molecule has 1 atom stereocenters. The average molecular weight is 461 g/mol. The Balaban J connectivity index is 1.33. The molecule has 4 rings (SSSR count). The predicted octanol–water partition coefficient (Wildman–Crippen LogP) is 2.87. The van der Waals surface area contributed by atoms with Crippen LogP contribution in [-0.2, 0) is 9.53 Å². The minimum absolute atomic E-state index is 0.0502. The first-order valence-corrected chi connectivity index (χ1v) is 10.6. The number of hydrogen-bond donors (Lipinski definition) is 2. The largest absolute Gasteiger partial charge is 0.442 e. The van der Waals surface area contributed by atoms with E-state index in [-0.39, 0.29) is 30.9 Å². The molecule has 0 spiro atoms. The van der Waals surface area contributed by atoms with E-state index < -0.39 is 22.9 Å². The number of carbonyl (C=O) groups excluding carboxylic acids is 2. The smallest absolute Gasteiger partial charge is 0.434 e. The third-order valence-corrected chi connectivity index (χ3v) is 5.65. The molecule has 2 fully saturated rings. The Hall–Kier alpha value is -3.83. The highest BCUT2D eigenvalue weighted by Crippen LogP contribution is 2.30. The van der Waals surface area contributed by atoms with E-state index in [4.69, 9.17) is 9.15 Å². The molecule has 2 amide bonds. The van der Waals surface area contributed by atoms with Gasteiger partial charge in [-0.2, -0.15) is 0 Å². The number of anilines is 3. The van der Waals surface area contributed by atoms with Crippen molar-refractivity contribution >= 4 is 35.1 Å². The number of benzene rings is 1. The van der Waals surface area contributed by atoms with Crippen LogP contribution in [-0.4, -0.2) is 55.2 Å². The van der Waals surface area contributed by atoms with Gasteiger partial charge in [0.2, 0.25) is 11.8 Å². The van der Waals surface area contributed by atoms with E-state index in [1.54, 1.807) is 12.1 Å². The second kappa shape index (κ2) is 9.35. The molecule has 2 saturated heterocycles. The number of carbonyl (C=O) groups is 2. The van der Waals surface area contributed by atoms with Crippen LogP contribution >= 0.6 is 0 Å². The summed E-state index contributed by atoms with van der Waals surface area (Å²) in [5.74, 6) is -0.645. The second-order valence-corrected chi connectivity index (χ2v) is 7.99. The fourth-order valence-electron chi connectivity index (χ4n) is 3.99. The first-order valence-electron chi connectivity index (χ1n) is 10.6. The van der Waals surface area contributed by atoms with Crippen LogP contribution in [0, 0.1) is 15.9 Å². The summed E-state index contributed by atoms with van der Waals surface area (Å²) in [6.45, 7) is 2.97. The Bertz CT molecular complexity index is 1050. The third-order valence-electron chi connectivity index (χ3n) is 5.65. The fraction of sp³-hybridized carbons (Fsp3) is 0.429. The Morgan fingerprint density at radius 2 is 2.03 bits per heavy atom. The summed E-state index contributed by atoms with van der Waals surface area (Å²) in [4.78, 5) is 36.6. The van der Waals surface area contributed by atoms with Crippen molar-refractivity contribution in [2.24, 2.45) is 0 Å². The van der Waals surface area contributed by atoms with Crippen molar-refractivity contribution in [1.82, 2.24) is 5.32 Å². The molecule has 3 heterocycles. The Morgan fingerprint density at radius 1 is 1.27 bits per heavy atom. The molecule has 0 aliphatic carbocycles. The van der Waals surface area contributed by atoms with Crippen molar-refractivity contribution in [1.29, 1.82) is 0 Å². The molecule has 0 unspecified atom stereocenters. The van der Waals surface area contributed by atoms with Gasteiger partial charge in [-0.1, -0.05) is 0 Å². The third kappa shape index (κ3) is 5.16. The zero-order valence-electron chi connectivity index (χ0n) is 18.0. The van der Waals surface area contributed by atoms with Crippen molar-refractivity contribution < 1.29 is 28.1 Å². The minimum atomic E-state index is -0.592. The van der Waals surface area contributed by atoms with Gasteiger partial charge >= 0.3 is 12.0 Å². The average Bonchev–Trinajstić information content (AvgIpc) is 3.39. The SMILES string of the molecule is CC(=O)NC[C@H]1CN(c2ccc(N3CCC(Nc4ccc([N+](=O)[O-])o4)CC3)c(F)c2)C(=O)O1. The molecule has 0 radical (unpaired) electrons. The maximum atomic E-state index is 14.9. The van der Waals surface area contributed by atoms with Gasteiger partial charge in [-0.25, -0.2) is 9.18 Å². The summed E-state index contributed by atoms with van der Waals surface area (Å²) in [6, 6.07) is 7.49. The van der Waals surface area contributed by atoms with E-state index in [1.807, 2.05) is 4.90 Å². The van der Waals surface area contributed by atoms with Crippen molar-refractivity contribution in [3.63, 3.8) is 0 Å². The van der Waals surface area contributed by atoms with E-state index in [0.717, 1.165) is 0 Å². The molecule has 2 aromatic rings. The zero-order chi connectivity index (χ0) is 23.5. The summed E-state index contributed by atoms with van der Waals surface area (Å²) >= 11 is 0. The number of halogens is 1. The highest BCUT2D eigenvalue weighted by molar-refractivity contribution is 5.90. The molecule has 11 nitrogen and oxygen atoms in total. The lowest BCUT2D eigenvalue weighted by atomic mass is 10.0. The number of piperidine rings is 1. The molecule has 0 saturated carbocycles. The number of rotatable bonds is 7. The van der Waals surface area contributed by atoms with Crippen LogP contribution in [0.5, 0.6) is 0 Å². The summed E-state index contributed by atoms with van der Waals surface area (Å²) < 4.78 is 25.3. The number of amides is 2. The zero-order valence-corrected chi connectivity index (χ0v) is 18.0. The molecule has 0 bridgehead atoms. The molecule has 2 aliphatic heterocycles. The highest BCUT2D eigenvalue weighted by atomic mass is 19.1. The van der Waals surface area contributed by atoms with Crippen LogP contribution in [0.25, 0.3) is 0 Å². The quantitative estimate of drug-likeness (QED) is 0.476. The van der Waals surface area contributed by atoms with Crippen molar-refractivity contribution in [3.8, 4) is 0 Å². The first kappa shape index (κ1) is 22.4. The molecule has 33 heavy (non-hydrogen) atoms. The molecule has 176 valence electrons. The number of furan rings is 1. The Morgan fingerprint density at radius 3 is 2.67 bits per heavy atom. The predicted molar refractivity (Wildman–Crippen MR) is 117 cm³/mol. The number of nitro groups is 1. The lowest BCUT2D eigenvalue weighted by Gasteiger charge is -2.34.